The van der Waals surface area contributed by atoms with Crippen molar-refractivity contribution in [3.05, 3.63) is 35.4 Å². The van der Waals surface area contributed by atoms with Crippen LogP contribution in [0.3, 0.4) is 0 Å². The fourth-order valence-corrected chi connectivity index (χ4v) is 1.45. The number of rotatable bonds is 6. The first-order valence-corrected chi connectivity index (χ1v) is 5.08. The largest absolute Gasteiger partial charge is 0.382 e. The van der Waals surface area contributed by atoms with Crippen LogP contribution in [-0.2, 0) is 9.47 Å². The average molecular weight is 223 g/mol. The van der Waals surface area contributed by atoms with Crippen molar-refractivity contribution in [1.82, 2.24) is 0 Å². The Morgan fingerprint density at radius 1 is 1.31 bits per heavy atom. The summed E-state index contributed by atoms with van der Waals surface area (Å²) in [7, 11) is 3.25. The van der Waals surface area contributed by atoms with Crippen LogP contribution in [0.4, 0.5) is 0 Å². The number of benzene rings is 1. The average Bonchev–Trinajstić information content (AvgIpc) is 2.35. The molecule has 88 valence electrons. The van der Waals surface area contributed by atoms with Crippen molar-refractivity contribution in [1.29, 1.82) is 0 Å². The van der Waals surface area contributed by atoms with Crippen molar-refractivity contribution in [2.24, 2.45) is 5.73 Å². The van der Waals surface area contributed by atoms with Gasteiger partial charge in [0.2, 0.25) is 0 Å². The predicted octanol–water partition coefficient (Wildman–Crippen LogP) is 1.16. The van der Waals surface area contributed by atoms with Gasteiger partial charge in [0.05, 0.1) is 13.2 Å². The number of nitrogens with two attached hydrogens (primary N) is 1. The van der Waals surface area contributed by atoms with Gasteiger partial charge >= 0.3 is 0 Å². The zero-order chi connectivity index (χ0) is 12.0. The number of hydrogen-bond acceptors (Lipinski definition) is 4. The summed E-state index contributed by atoms with van der Waals surface area (Å²) in [6.07, 6.45) is -0.105. The predicted molar refractivity (Wildman–Crippen MR) is 61.5 cm³/mol. The Morgan fingerprint density at radius 2 is 1.94 bits per heavy atom. The Bertz CT molecular complexity index is 335. The second-order valence-electron chi connectivity index (χ2n) is 3.43. The molecule has 16 heavy (non-hydrogen) atoms. The topological polar surface area (TPSA) is 61.5 Å². The number of carbonyl (C=O) groups is 1. The minimum Gasteiger partial charge on any atom is -0.382 e. The number of ether oxygens (including phenoxy) is 2. The molecule has 0 unspecified atom stereocenters. The number of hydrogen-bond donors (Lipinski definition) is 1. The molecular weight excluding hydrogens is 206 g/mol. The fraction of sp³-hybridized carbons (Fsp3) is 0.417. The summed E-state index contributed by atoms with van der Waals surface area (Å²) >= 11 is 0. The van der Waals surface area contributed by atoms with E-state index in [1.54, 1.807) is 26.4 Å². The zero-order valence-electron chi connectivity index (χ0n) is 9.60. The van der Waals surface area contributed by atoms with Crippen LogP contribution in [0, 0.1) is 0 Å². The van der Waals surface area contributed by atoms with Gasteiger partial charge in [-0.15, -0.1) is 0 Å². The second kappa shape index (κ2) is 6.37. The van der Waals surface area contributed by atoms with Gasteiger partial charge in [0.25, 0.3) is 0 Å². The summed E-state index contributed by atoms with van der Waals surface area (Å²) in [4.78, 5) is 11.3. The van der Waals surface area contributed by atoms with Gasteiger partial charge in [-0.25, -0.2) is 0 Å². The maximum Gasteiger partial charge on any atom is 0.176 e. The van der Waals surface area contributed by atoms with Crippen molar-refractivity contribution in [3.63, 3.8) is 0 Å². The highest BCUT2D eigenvalue weighted by molar-refractivity contribution is 5.97. The van der Waals surface area contributed by atoms with Crippen LogP contribution in [0.5, 0.6) is 0 Å². The molecule has 0 bridgehead atoms. The molecule has 2 N–H and O–H groups in total. The van der Waals surface area contributed by atoms with Gasteiger partial charge in [-0.3, -0.25) is 4.79 Å². The van der Waals surface area contributed by atoms with Crippen molar-refractivity contribution in [2.75, 3.05) is 27.4 Å². The molecular formula is C12H17NO3. The molecule has 0 amide bonds. The summed E-state index contributed by atoms with van der Waals surface area (Å²) in [5.74, 6) is -0.0627. The Kier molecular flexibility index (Phi) is 5.11. The Hall–Kier alpha value is -1.23. The molecule has 0 radical (unpaired) electrons. The maximum absolute atomic E-state index is 11.3. The Balaban J connectivity index is 2.80. The second-order valence-corrected chi connectivity index (χ2v) is 3.43. The van der Waals surface area contributed by atoms with Gasteiger partial charge in [-0.05, 0) is 5.56 Å². The third-order valence-electron chi connectivity index (χ3n) is 2.39. The minimum absolute atomic E-state index is 0.0329. The highest BCUT2D eigenvalue weighted by Gasteiger charge is 2.10. The normalized spacial score (nSPS) is 12.4. The lowest BCUT2D eigenvalue weighted by molar-refractivity contribution is 0.0275. The van der Waals surface area contributed by atoms with Gasteiger partial charge in [0.15, 0.2) is 5.78 Å². The van der Waals surface area contributed by atoms with E-state index in [9.17, 15) is 4.79 Å². The van der Waals surface area contributed by atoms with Crippen LogP contribution in [-0.4, -0.2) is 33.2 Å². The first kappa shape index (κ1) is 12.8. The van der Waals surface area contributed by atoms with E-state index in [1.807, 2.05) is 12.1 Å². The van der Waals surface area contributed by atoms with Crippen molar-refractivity contribution in [3.8, 4) is 0 Å². The number of carbonyl (C=O) groups excluding carboxylic acids is 1. The van der Waals surface area contributed by atoms with E-state index in [2.05, 4.69) is 0 Å². The van der Waals surface area contributed by atoms with E-state index in [1.165, 1.54) is 0 Å². The summed E-state index contributed by atoms with van der Waals surface area (Å²) in [5.41, 5.74) is 6.89. The van der Waals surface area contributed by atoms with E-state index >= 15 is 0 Å². The molecule has 4 heteroatoms. The summed E-state index contributed by atoms with van der Waals surface area (Å²) in [5, 5.41) is 0. The Labute approximate surface area is 95.3 Å². The highest BCUT2D eigenvalue weighted by atomic mass is 16.5. The highest BCUT2D eigenvalue weighted by Crippen LogP contribution is 2.17. The van der Waals surface area contributed by atoms with E-state index in [0.29, 0.717) is 12.2 Å². The molecule has 0 spiro atoms. The lowest BCUT2D eigenvalue weighted by Crippen LogP contribution is -2.14. The van der Waals surface area contributed by atoms with E-state index < -0.39 is 0 Å². The monoisotopic (exact) mass is 223 g/mol. The molecule has 1 aromatic rings. The lowest BCUT2D eigenvalue weighted by Gasteiger charge is -2.14. The molecule has 1 atom stereocenters. The summed E-state index contributed by atoms with van der Waals surface area (Å²) in [6.45, 7) is 0.520. The summed E-state index contributed by atoms with van der Waals surface area (Å²) < 4.78 is 10.3. The van der Waals surface area contributed by atoms with Crippen LogP contribution >= 0.6 is 0 Å². The molecule has 1 aromatic carbocycles. The molecule has 0 aromatic heterocycles. The Morgan fingerprint density at radius 3 is 2.38 bits per heavy atom. The van der Waals surface area contributed by atoms with Crippen molar-refractivity contribution >= 4 is 5.78 Å². The van der Waals surface area contributed by atoms with Crippen LogP contribution in [0.15, 0.2) is 24.3 Å². The standard InChI is InChI=1S/C12H17NO3/c1-15-8-12(16-2)10-5-3-9(4-6-10)11(14)7-13/h3-6,12H,7-8,13H2,1-2H3/t12-/m0/s1. The molecule has 1 rings (SSSR count). The van der Waals surface area contributed by atoms with Crippen LogP contribution in [0.2, 0.25) is 0 Å². The van der Waals surface area contributed by atoms with Gasteiger partial charge < -0.3 is 15.2 Å². The number of ketones is 1. The van der Waals surface area contributed by atoms with Gasteiger partial charge in [-0.2, -0.15) is 0 Å². The first-order valence-electron chi connectivity index (χ1n) is 5.08. The molecule has 0 aliphatic carbocycles. The van der Waals surface area contributed by atoms with E-state index in [0.717, 1.165) is 5.56 Å². The number of Topliss-reactive ketones (excluding diaryl/α,β-unsaturated/α-hetero) is 1. The van der Waals surface area contributed by atoms with Gasteiger partial charge in [0, 0.05) is 19.8 Å². The van der Waals surface area contributed by atoms with Gasteiger partial charge in [0.1, 0.15) is 6.10 Å². The van der Waals surface area contributed by atoms with E-state index in [-0.39, 0.29) is 18.4 Å². The van der Waals surface area contributed by atoms with E-state index in [4.69, 9.17) is 15.2 Å². The molecule has 0 aliphatic heterocycles. The number of methoxy groups -OCH3 is 2. The SMILES string of the molecule is COC[C@H](OC)c1ccc(C(=O)CN)cc1. The summed E-state index contributed by atoms with van der Waals surface area (Å²) in [6, 6.07) is 7.23. The van der Waals surface area contributed by atoms with Crippen molar-refractivity contribution < 1.29 is 14.3 Å². The van der Waals surface area contributed by atoms with Crippen LogP contribution in [0.1, 0.15) is 22.0 Å². The van der Waals surface area contributed by atoms with Crippen LogP contribution in [0.25, 0.3) is 0 Å². The third kappa shape index (κ3) is 3.13. The molecule has 0 aliphatic rings. The smallest absolute Gasteiger partial charge is 0.176 e. The van der Waals surface area contributed by atoms with Gasteiger partial charge in [-0.1, -0.05) is 24.3 Å². The fourth-order valence-electron chi connectivity index (χ4n) is 1.45. The van der Waals surface area contributed by atoms with Crippen LogP contribution < -0.4 is 5.73 Å². The molecule has 0 saturated carbocycles. The molecule has 4 nitrogen and oxygen atoms in total. The minimum atomic E-state index is -0.105. The third-order valence-corrected chi connectivity index (χ3v) is 2.39. The lowest BCUT2D eigenvalue weighted by atomic mass is 10.0. The maximum atomic E-state index is 11.3. The molecule has 0 heterocycles. The zero-order valence-corrected chi connectivity index (χ0v) is 9.60. The quantitative estimate of drug-likeness (QED) is 0.735. The van der Waals surface area contributed by atoms with Crippen molar-refractivity contribution in [2.45, 2.75) is 6.10 Å². The molecule has 0 saturated heterocycles. The molecule has 0 fully saturated rings. The first-order chi connectivity index (χ1) is 7.72.